The Kier molecular flexibility index (Phi) is 5.00. The fraction of sp³-hybridized carbons (Fsp3) is 0.588. The zero-order chi connectivity index (χ0) is 18.2. The maximum Gasteiger partial charge on any atom is 0.329 e. The van der Waals surface area contributed by atoms with E-state index in [0.717, 1.165) is 0 Å². The Morgan fingerprint density at radius 3 is 2.29 bits per heavy atom. The van der Waals surface area contributed by atoms with Crippen molar-refractivity contribution in [3.05, 3.63) is 23.2 Å². The van der Waals surface area contributed by atoms with Gasteiger partial charge in [0, 0.05) is 18.5 Å². The molecule has 7 heteroatoms. The number of carboxylic acid groups (broad SMARTS) is 1. The Morgan fingerprint density at radius 2 is 1.83 bits per heavy atom. The lowest BCUT2D eigenvalue weighted by atomic mass is 9.79. The molecule has 0 aliphatic heterocycles. The molecule has 1 aliphatic carbocycles. The minimum absolute atomic E-state index is 0.146. The highest BCUT2D eigenvalue weighted by atomic mass is 35.5. The molecular formula is C17H22ClF2NO3. The molecule has 0 heterocycles. The SMILES string of the molecule is CC(C)(C)Oc1ccc(NC2(C(=O)O)CCC(F)(F)CC2)cc1Cl. The fourth-order valence-corrected chi connectivity index (χ4v) is 2.92. The van der Waals surface area contributed by atoms with Crippen LogP contribution in [0.1, 0.15) is 46.5 Å². The van der Waals surface area contributed by atoms with Crippen molar-refractivity contribution >= 4 is 23.3 Å². The van der Waals surface area contributed by atoms with E-state index in [-0.39, 0.29) is 12.8 Å². The zero-order valence-electron chi connectivity index (χ0n) is 14.0. The third kappa shape index (κ3) is 4.50. The Morgan fingerprint density at radius 1 is 1.25 bits per heavy atom. The predicted molar refractivity (Wildman–Crippen MR) is 89.2 cm³/mol. The van der Waals surface area contributed by atoms with E-state index >= 15 is 0 Å². The third-order valence-corrected chi connectivity index (χ3v) is 4.27. The molecular weight excluding hydrogens is 340 g/mol. The average molecular weight is 362 g/mol. The number of carboxylic acids is 1. The molecule has 2 rings (SSSR count). The van der Waals surface area contributed by atoms with Crippen LogP contribution in [0.4, 0.5) is 14.5 Å². The molecule has 1 aromatic rings. The first kappa shape index (κ1) is 18.8. The topological polar surface area (TPSA) is 58.6 Å². The highest BCUT2D eigenvalue weighted by molar-refractivity contribution is 6.32. The molecule has 0 saturated heterocycles. The van der Waals surface area contributed by atoms with E-state index in [9.17, 15) is 18.7 Å². The quantitative estimate of drug-likeness (QED) is 0.795. The summed E-state index contributed by atoms with van der Waals surface area (Å²) in [7, 11) is 0. The van der Waals surface area contributed by atoms with E-state index in [4.69, 9.17) is 16.3 Å². The zero-order valence-corrected chi connectivity index (χ0v) is 14.7. The number of hydrogen-bond acceptors (Lipinski definition) is 3. The highest BCUT2D eigenvalue weighted by Gasteiger charge is 2.48. The van der Waals surface area contributed by atoms with Crippen LogP contribution in [-0.2, 0) is 4.79 Å². The van der Waals surface area contributed by atoms with Crippen molar-refractivity contribution in [1.82, 2.24) is 0 Å². The van der Waals surface area contributed by atoms with Gasteiger partial charge in [-0.05, 0) is 51.8 Å². The molecule has 134 valence electrons. The normalized spacial score (nSPS) is 19.6. The van der Waals surface area contributed by atoms with Crippen molar-refractivity contribution < 1.29 is 23.4 Å². The van der Waals surface area contributed by atoms with Crippen LogP contribution in [-0.4, -0.2) is 28.1 Å². The summed E-state index contributed by atoms with van der Waals surface area (Å²) in [6, 6.07) is 4.84. The molecule has 24 heavy (non-hydrogen) atoms. The smallest absolute Gasteiger partial charge is 0.329 e. The molecule has 1 aliphatic rings. The second kappa shape index (κ2) is 6.39. The van der Waals surface area contributed by atoms with Gasteiger partial charge < -0.3 is 15.2 Å². The fourth-order valence-electron chi connectivity index (χ4n) is 2.70. The highest BCUT2D eigenvalue weighted by Crippen LogP contribution is 2.41. The lowest BCUT2D eigenvalue weighted by Crippen LogP contribution is -2.51. The van der Waals surface area contributed by atoms with Gasteiger partial charge in [0.25, 0.3) is 0 Å². The van der Waals surface area contributed by atoms with Crippen molar-refractivity contribution in [3.63, 3.8) is 0 Å². The average Bonchev–Trinajstić information content (AvgIpc) is 2.43. The molecule has 2 N–H and O–H groups in total. The van der Waals surface area contributed by atoms with Gasteiger partial charge in [0.2, 0.25) is 5.92 Å². The number of rotatable bonds is 4. The van der Waals surface area contributed by atoms with Crippen LogP contribution in [0.3, 0.4) is 0 Å². The van der Waals surface area contributed by atoms with Gasteiger partial charge in [-0.25, -0.2) is 13.6 Å². The maximum absolute atomic E-state index is 13.4. The van der Waals surface area contributed by atoms with Crippen LogP contribution in [0.15, 0.2) is 18.2 Å². The molecule has 0 radical (unpaired) electrons. The Hall–Kier alpha value is -1.56. The Balaban J connectivity index is 2.19. The van der Waals surface area contributed by atoms with Crippen molar-refractivity contribution in [2.75, 3.05) is 5.32 Å². The number of alkyl halides is 2. The third-order valence-electron chi connectivity index (χ3n) is 3.98. The van der Waals surface area contributed by atoms with E-state index in [1.165, 1.54) is 0 Å². The van der Waals surface area contributed by atoms with E-state index in [0.29, 0.717) is 16.5 Å². The van der Waals surface area contributed by atoms with Crippen molar-refractivity contribution in [1.29, 1.82) is 0 Å². The molecule has 1 saturated carbocycles. The minimum atomic E-state index is -2.80. The maximum atomic E-state index is 13.4. The van der Waals surface area contributed by atoms with Crippen LogP contribution in [0, 0.1) is 0 Å². The van der Waals surface area contributed by atoms with Gasteiger partial charge in [0.15, 0.2) is 0 Å². The molecule has 1 aromatic carbocycles. The molecule has 0 amide bonds. The monoisotopic (exact) mass is 361 g/mol. The molecule has 0 bridgehead atoms. The molecule has 1 fully saturated rings. The van der Waals surface area contributed by atoms with Crippen molar-refractivity contribution in [3.8, 4) is 5.75 Å². The van der Waals surface area contributed by atoms with Crippen LogP contribution in [0.2, 0.25) is 5.02 Å². The summed E-state index contributed by atoms with van der Waals surface area (Å²) >= 11 is 6.19. The second-order valence-electron chi connectivity index (χ2n) is 7.23. The largest absolute Gasteiger partial charge is 0.487 e. The van der Waals surface area contributed by atoms with Gasteiger partial charge >= 0.3 is 5.97 Å². The summed E-state index contributed by atoms with van der Waals surface area (Å²) in [5.74, 6) is -3.46. The van der Waals surface area contributed by atoms with E-state index < -0.39 is 35.9 Å². The van der Waals surface area contributed by atoms with Crippen LogP contribution in [0.5, 0.6) is 5.75 Å². The summed E-state index contributed by atoms with van der Waals surface area (Å²) in [6.45, 7) is 5.66. The second-order valence-corrected chi connectivity index (χ2v) is 7.64. The summed E-state index contributed by atoms with van der Waals surface area (Å²) in [6.07, 6.45) is -1.20. The summed E-state index contributed by atoms with van der Waals surface area (Å²) in [4.78, 5) is 11.7. The number of nitrogens with one attached hydrogen (secondary N) is 1. The van der Waals surface area contributed by atoms with Crippen molar-refractivity contribution in [2.45, 2.75) is 63.5 Å². The number of carbonyl (C=O) groups is 1. The molecule has 0 spiro atoms. The van der Waals surface area contributed by atoms with Crippen LogP contribution >= 0.6 is 11.6 Å². The molecule has 4 nitrogen and oxygen atoms in total. The number of aliphatic carboxylic acids is 1. The number of hydrogen-bond donors (Lipinski definition) is 2. The summed E-state index contributed by atoms with van der Waals surface area (Å²) < 4.78 is 32.4. The number of benzene rings is 1. The van der Waals surface area contributed by atoms with Gasteiger partial charge in [-0.3, -0.25) is 0 Å². The first-order valence-corrected chi connectivity index (χ1v) is 8.18. The molecule has 0 atom stereocenters. The van der Waals surface area contributed by atoms with Crippen LogP contribution in [0.25, 0.3) is 0 Å². The van der Waals surface area contributed by atoms with E-state index in [1.807, 2.05) is 20.8 Å². The first-order valence-electron chi connectivity index (χ1n) is 7.81. The number of anilines is 1. The Bertz CT molecular complexity index is 619. The standard InChI is InChI=1S/C17H22ClF2NO3/c1-15(2,3)24-13-5-4-11(10-12(13)18)21-16(14(22)23)6-8-17(19,20)9-7-16/h4-5,10,21H,6-9H2,1-3H3,(H,22,23). The first-order chi connectivity index (χ1) is 10.9. The summed E-state index contributed by atoms with van der Waals surface area (Å²) in [5.41, 5.74) is -1.36. The predicted octanol–water partition coefficient (Wildman–Crippen LogP) is 4.96. The number of ether oxygens (including phenoxy) is 1. The van der Waals surface area contributed by atoms with Gasteiger partial charge in [-0.15, -0.1) is 0 Å². The number of halogens is 3. The lowest BCUT2D eigenvalue weighted by Gasteiger charge is -2.38. The molecule has 0 aromatic heterocycles. The van der Waals surface area contributed by atoms with Gasteiger partial charge in [-0.2, -0.15) is 0 Å². The Labute approximate surface area is 145 Å². The van der Waals surface area contributed by atoms with Crippen molar-refractivity contribution in [2.24, 2.45) is 0 Å². The lowest BCUT2D eigenvalue weighted by molar-refractivity contribution is -0.146. The molecule has 0 unspecified atom stereocenters. The minimum Gasteiger partial charge on any atom is -0.487 e. The summed E-state index contributed by atoms with van der Waals surface area (Å²) in [5, 5.41) is 12.8. The van der Waals surface area contributed by atoms with E-state index in [1.54, 1.807) is 18.2 Å². The van der Waals surface area contributed by atoms with Gasteiger partial charge in [0.05, 0.1) is 5.02 Å². The van der Waals surface area contributed by atoms with E-state index in [2.05, 4.69) is 5.32 Å². The van der Waals surface area contributed by atoms with Crippen LogP contribution < -0.4 is 10.1 Å². The van der Waals surface area contributed by atoms with Gasteiger partial charge in [-0.1, -0.05) is 11.6 Å². The van der Waals surface area contributed by atoms with Gasteiger partial charge in [0.1, 0.15) is 16.9 Å².